The Balaban J connectivity index is 0.000000461. The van der Waals surface area contributed by atoms with Gasteiger partial charge in [-0.15, -0.1) is 0 Å². The number of alkyl halides is 1. The summed E-state index contributed by atoms with van der Waals surface area (Å²) in [4.78, 5) is 1.89. The van der Waals surface area contributed by atoms with Crippen LogP contribution in [0.15, 0.2) is 0 Å². The van der Waals surface area contributed by atoms with Crippen LogP contribution in [-0.4, -0.2) is 24.3 Å². The van der Waals surface area contributed by atoms with Crippen molar-refractivity contribution in [3.05, 3.63) is 0 Å². The summed E-state index contributed by atoms with van der Waals surface area (Å²) in [7, 11) is 0. The first kappa shape index (κ1) is 10.9. The molecule has 0 spiro atoms. The van der Waals surface area contributed by atoms with Crippen molar-refractivity contribution < 1.29 is 4.39 Å². The number of nitrogens with zero attached hydrogens (tertiary/aromatic N) is 1. The highest BCUT2D eigenvalue weighted by atomic mass is 19.1. The number of hydrogen-bond acceptors (Lipinski definition) is 1. The smallest absolute Gasteiger partial charge is 0.150 e. The summed E-state index contributed by atoms with van der Waals surface area (Å²) in [6.45, 7) is 7.53. The molecule has 1 aliphatic heterocycles. The van der Waals surface area contributed by atoms with Crippen molar-refractivity contribution in [2.24, 2.45) is 0 Å². The van der Waals surface area contributed by atoms with Crippen LogP contribution in [0.1, 0.15) is 40.0 Å². The van der Waals surface area contributed by atoms with Crippen molar-refractivity contribution in [1.29, 1.82) is 0 Å². The second kappa shape index (κ2) is 6.59. The lowest BCUT2D eigenvalue weighted by atomic mass is 10.1. The van der Waals surface area contributed by atoms with Gasteiger partial charge in [0, 0.05) is 13.1 Å². The first-order chi connectivity index (χ1) is 5.30. The van der Waals surface area contributed by atoms with Gasteiger partial charge in [-0.2, -0.15) is 0 Å². The fourth-order valence-corrected chi connectivity index (χ4v) is 1.27. The number of rotatable bonds is 1. The van der Waals surface area contributed by atoms with Crippen LogP contribution in [0, 0.1) is 0 Å². The van der Waals surface area contributed by atoms with Crippen LogP contribution in [0.25, 0.3) is 0 Å². The average molecular weight is 161 g/mol. The Kier molecular flexibility index (Phi) is 6.52. The van der Waals surface area contributed by atoms with Crippen LogP contribution in [-0.2, 0) is 0 Å². The summed E-state index contributed by atoms with van der Waals surface area (Å²) in [5.41, 5.74) is 0. The van der Waals surface area contributed by atoms with Gasteiger partial charge >= 0.3 is 0 Å². The summed E-state index contributed by atoms with van der Waals surface area (Å²) >= 11 is 0. The molecule has 0 aliphatic carbocycles. The van der Waals surface area contributed by atoms with Gasteiger partial charge in [0.2, 0.25) is 0 Å². The van der Waals surface area contributed by atoms with E-state index in [1.54, 1.807) is 6.92 Å². The summed E-state index contributed by atoms with van der Waals surface area (Å²) in [5, 5.41) is 0. The predicted octanol–water partition coefficient (Wildman–Crippen LogP) is 2.81. The van der Waals surface area contributed by atoms with Crippen molar-refractivity contribution in [3.8, 4) is 0 Å². The Morgan fingerprint density at radius 1 is 1.09 bits per heavy atom. The lowest BCUT2D eigenvalue weighted by Gasteiger charge is -2.27. The fraction of sp³-hybridized carbons (Fsp3) is 1.00. The van der Waals surface area contributed by atoms with E-state index in [4.69, 9.17) is 0 Å². The van der Waals surface area contributed by atoms with E-state index in [0.29, 0.717) is 0 Å². The molecule has 1 heterocycles. The Bertz CT molecular complexity index is 77.6. The quantitative estimate of drug-likeness (QED) is 0.534. The normalized spacial score (nSPS) is 21.8. The van der Waals surface area contributed by atoms with Gasteiger partial charge in [0.05, 0.1) is 0 Å². The van der Waals surface area contributed by atoms with Crippen molar-refractivity contribution in [2.45, 2.75) is 46.3 Å². The molecule has 68 valence electrons. The molecule has 1 aliphatic rings. The zero-order valence-corrected chi connectivity index (χ0v) is 7.94. The van der Waals surface area contributed by atoms with Crippen LogP contribution < -0.4 is 0 Å². The van der Waals surface area contributed by atoms with E-state index in [1.165, 1.54) is 19.3 Å². The summed E-state index contributed by atoms with van der Waals surface area (Å²) in [6.07, 6.45) is 2.90. The SMILES string of the molecule is CC.CC(F)N1CCCCC1. The number of halogens is 1. The van der Waals surface area contributed by atoms with Gasteiger partial charge in [0.15, 0.2) is 6.30 Å². The molecule has 1 rings (SSSR count). The van der Waals surface area contributed by atoms with Crippen LogP contribution in [0.2, 0.25) is 0 Å². The third-order valence-electron chi connectivity index (χ3n) is 1.89. The monoisotopic (exact) mass is 161 g/mol. The second-order valence-corrected chi connectivity index (χ2v) is 2.67. The Morgan fingerprint density at radius 3 is 1.82 bits per heavy atom. The van der Waals surface area contributed by atoms with Crippen LogP contribution in [0.5, 0.6) is 0 Å². The highest BCUT2D eigenvalue weighted by molar-refractivity contribution is 4.64. The maximum atomic E-state index is 12.5. The zero-order valence-electron chi connectivity index (χ0n) is 7.94. The molecule has 0 aromatic rings. The van der Waals surface area contributed by atoms with Gasteiger partial charge in [0.1, 0.15) is 0 Å². The molecular formula is C9H20FN. The first-order valence-electron chi connectivity index (χ1n) is 4.69. The molecule has 1 unspecified atom stereocenters. The fourth-order valence-electron chi connectivity index (χ4n) is 1.27. The van der Waals surface area contributed by atoms with E-state index in [-0.39, 0.29) is 0 Å². The Hall–Kier alpha value is -0.110. The van der Waals surface area contributed by atoms with E-state index in [1.807, 2.05) is 18.7 Å². The van der Waals surface area contributed by atoms with Gasteiger partial charge in [0.25, 0.3) is 0 Å². The van der Waals surface area contributed by atoms with Crippen LogP contribution in [0.3, 0.4) is 0 Å². The van der Waals surface area contributed by atoms with E-state index in [9.17, 15) is 4.39 Å². The molecule has 2 heteroatoms. The van der Waals surface area contributed by atoms with Gasteiger partial charge in [-0.25, -0.2) is 4.39 Å². The van der Waals surface area contributed by atoms with Crippen molar-refractivity contribution in [1.82, 2.24) is 4.90 Å². The van der Waals surface area contributed by atoms with Gasteiger partial charge in [-0.05, 0) is 19.8 Å². The number of likely N-dealkylation sites (tertiary alicyclic amines) is 1. The molecule has 0 N–H and O–H groups in total. The largest absolute Gasteiger partial charge is 0.274 e. The van der Waals surface area contributed by atoms with Crippen molar-refractivity contribution in [3.63, 3.8) is 0 Å². The zero-order chi connectivity index (χ0) is 8.69. The third kappa shape index (κ3) is 4.35. The molecule has 1 atom stereocenters. The standard InChI is InChI=1S/C7H14FN.C2H6/c1-7(8)9-5-3-2-4-6-9;1-2/h7H,2-6H2,1H3;1-2H3. The topological polar surface area (TPSA) is 3.24 Å². The molecule has 11 heavy (non-hydrogen) atoms. The minimum absolute atomic E-state index is 0.731. The van der Waals surface area contributed by atoms with Crippen molar-refractivity contribution in [2.75, 3.05) is 13.1 Å². The minimum atomic E-state index is -0.731. The van der Waals surface area contributed by atoms with E-state index in [0.717, 1.165) is 13.1 Å². The molecule has 0 amide bonds. The molecule has 0 aromatic heterocycles. The van der Waals surface area contributed by atoms with Crippen LogP contribution >= 0.6 is 0 Å². The molecule has 0 saturated carbocycles. The number of hydrogen-bond donors (Lipinski definition) is 0. The van der Waals surface area contributed by atoms with E-state index < -0.39 is 6.30 Å². The van der Waals surface area contributed by atoms with Gasteiger partial charge < -0.3 is 0 Å². The molecule has 1 nitrogen and oxygen atoms in total. The molecule has 1 fully saturated rings. The lowest BCUT2D eigenvalue weighted by molar-refractivity contribution is 0.0785. The Labute approximate surface area is 69.6 Å². The highest BCUT2D eigenvalue weighted by Crippen LogP contribution is 2.11. The lowest BCUT2D eigenvalue weighted by Crippen LogP contribution is -2.34. The summed E-state index contributed by atoms with van der Waals surface area (Å²) in [5.74, 6) is 0. The molecule has 0 bridgehead atoms. The second-order valence-electron chi connectivity index (χ2n) is 2.67. The number of piperidine rings is 1. The van der Waals surface area contributed by atoms with Gasteiger partial charge in [-0.3, -0.25) is 4.90 Å². The minimum Gasteiger partial charge on any atom is -0.274 e. The van der Waals surface area contributed by atoms with Crippen LogP contribution in [0.4, 0.5) is 4.39 Å². The molecule has 1 saturated heterocycles. The maximum absolute atomic E-state index is 12.5. The Morgan fingerprint density at radius 2 is 1.55 bits per heavy atom. The maximum Gasteiger partial charge on any atom is 0.150 e. The summed E-state index contributed by atoms with van der Waals surface area (Å²) in [6, 6.07) is 0. The third-order valence-corrected chi connectivity index (χ3v) is 1.89. The molecular weight excluding hydrogens is 141 g/mol. The van der Waals surface area contributed by atoms with Gasteiger partial charge in [-0.1, -0.05) is 20.3 Å². The summed E-state index contributed by atoms with van der Waals surface area (Å²) < 4.78 is 12.5. The highest BCUT2D eigenvalue weighted by Gasteiger charge is 2.14. The molecule has 0 aromatic carbocycles. The predicted molar refractivity (Wildman–Crippen MR) is 47.3 cm³/mol. The van der Waals surface area contributed by atoms with Crippen molar-refractivity contribution >= 4 is 0 Å². The first-order valence-corrected chi connectivity index (χ1v) is 4.69. The average Bonchev–Trinajstić information content (AvgIpc) is 2.10. The molecule has 0 radical (unpaired) electrons. The van der Waals surface area contributed by atoms with E-state index in [2.05, 4.69) is 0 Å². The van der Waals surface area contributed by atoms with E-state index >= 15 is 0 Å².